The predicted molar refractivity (Wildman–Crippen MR) is 131 cm³/mol. The minimum atomic E-state index is -0.659. The molecule has 0 saturated carbocycles. The number of nitrogens with one attached hydrogen (secondary N) is 1. The topological polar surface area (TPSA) is 58.6 Å². The Labute approximate surface area is 196 Å². The summed E-state index contributed by atoms with van der Waals surface area (Å²) >= 11 is 0. The van der Waals surface area contributed by atoms with Gasteiger partial charge in [0.05, 0.1) is 0 Å². The highest BCUT2D eigenvalue weighted by Gasteiger charge is 2.30. The Kier molecular flexibility index (Phi) is 8.25. The van der Waals surface area contributed by atoms with Crippen molar-refractivity contribution in [3.8, 4) is 5.75 Å². The minimum Gasteiger partial charge on any atom is -0.483 e. The van der Waals surface area contributed by atoms with Gasteiger partial charge in [-0.1, -0.05) is 72.3 Å². The lowest BCUT2D eigenvalue weighted by Crippen LogP contribution is -2.51. The van der Waals surface area contributed by atoms with E-state index in [0.29, 0.717) is 18.7 Å². The Morgan fingerprint density at radius 1 is 0.879 bits per heavy atom. The molecule has 172 valence electrons. The van der Waals surface area contributed by atoms with Crippen LogP contribution in [0, 0.1) is 20.8 Å². The molecule has 0 aliphatic rings. The number of nitrogens with zero attached hydrogens (tertiary/aromatic N) is 1. The van der Waals surface area contributed by atoms with E-state index in [4.69, 9.17) is 4.74 Å². The zero-order chi connectivity index (χ0) is 23.8. The molecule has 3 rings (SSSR count). The maximum atomic E-state index is 13.5. The lowest BCUT2D eigenvalue weighted by Gasteiger charge is -2.31. The Morgan fingerprint density at radius 2 is 1.55 bits per heavy atom. The lowest BCUT2D eigenvalue weighted by atomic mass is 10.0. The molecule has 0 spiro atoms. The lowest BCUT2D eigenvalue weighted by molar-refractivity contribution is -0.142. The molecule has 5 nitrogen and oxygen atoms in total. The summed E-state index contributed by atoms with van der Waals surface area (Å²) in [6, 6.07) is 23.0. The minimum absolute atomic E-state index is 0.140. The molecule has 5 heteroatoms. The summed E-state index contributed by atoms with van der Waals surface area (Å²) in [6.07, 6.45) is 0.418. The van der Waals surface area contributed by atoms with Crippen LogP contribution in [0.25, 0.3) is 0 Å². The molecule has 0 aliphatic heterocycles. The summed E-state index contributed by atoms with van der Waals surface area (Å²) in [6.45, 7) is 6.14. The average molecular weight is 445 g/mol. The first-order chi connectivity index (χ1) is 15.9. The fraction of sp³-hybridized carbons (Fsp3) is 0.286. The van der Waals surface area contributed by atoms with Crippen molar-refractivity contribution in [1.29, 1.82) is 0 Å². The van der Waals surface area contributed by atoms with Crippen LogP contribution in [0.4, 0.5) is 0 Å². The molecule has 0 bridgehead atoms. The second-order valence-electron chi connectivity index (χ2n) is 8.38. The van der Waals surface area contributed by atoms with E-state index in [-0.39, 0.29) is 18.4 Å². The van der Waals surface area contributed by atoms with E-state index in [0.717, 1.165) is 27.8 Å². The van der Waals surface area contributed by atoms with Gasteiger partial charge in [-0.15, -0.1) is 0 Å². The molecule has 0 aromatic heterocycles. The number of hydrogen-bond acceptors (Lipinski definition) is 3. The number of benzene rings is 3. The number of carbonyl (C=O) groups excluding carboxylic acids is 2. The van der Waals surface area contributed by atoms with Crippen molar-refractivity contribution in [2.24, 2.45) is 0 Å². The normalized spacial score (nSPS) is 11.5. The second-order valence-corrected chi connectivity index (χ2v) is 8.38. The number of hydrogen-bond donors (Lipinski definition) is 1. The molecule has 33 heavy (non-hydrogen) atoms. The van der Waals surface area contributed by atoms with E-state index in [9.17, 15) is 9.59 Å². The van der Waals surface area contributed by atoms with Crippen LogP contribution in [0.3, 0.4) is 0 Å². The number of likely N-dealkylation sites (N-methyl/N-ethyl adjacent to an activating group) is 1. The second kappa shape index (κ2) is 11.3. The van der Waals surface area contributed by atoms with Gasteiger partial charge < -0.3 is 15.0 Å². The maximum absolute atomic E-state index is 13.5. The Morgan fingerprint density at radius 3 is 2.21 bits per heavy atom. The summed E-state index contributed by atoms with van der Waals surface area (Å²) in [5.41, 5.74) is 5.12. The van der Waals surface area contributed by atoms with Gasteiger partial charge >= 0.3 is 0 Å². The summed E-state index contributed by atoms with van der Waals surface area (Å²) in [5, 5.41) is 2.73. The highest BCUT2D eigenvalue weighted by atomic mass is 16.5. The molecule has 2 amide bonds. The van der Waals surface area contributed by atoms with Gasteiger partial charge in [0.15, 0.2) is 6.61 Å². The van der Waals surface area contributed by atoms with Crippen molar-refractivity contribution in [1.82, 2.24) is 10.2 Å². The van der Waals surface area contributed by atoms with Crippen molar-refractivity contribution in [3.63, 3.8) is 0 Å². The molecule has 0 aliphatic carbocycles. The molecule has 3 aromatic carbocycles. The fourth-order valence-corrected chi connectivity index (χ4v) is 3.70. The summed E-state index contributed by atoms with van der Waals surface area (Å²) in [7, 11) is 1.60. The van der Waals surface area contributed by atoms with Gasteiger partial charge in [0, 0.05) is 20.0 Å². The van der Waals surface area contributed by atoms with Crippen LogP contribution in [0.2, 0.25) is 0 Å². The first-order valence-corrected chi connectivity index (χ1v) is 11.2. The third-order valence-corrected chi connectivity index (χ3v) is 5.69. The van der Waals surface area contributed by atoms with Gasteiger partial charge in [-0.05, 0) is 49.1 Å². The van der Waals surface area contributed by atoms with E-state index < -0.39 is 6.04 Å². The molecule has 1 N–H and O–H groups in total. The van der Waals surface area contributed by atoms with Crippen molar-refractivity contribution < 1.29 is 14.3 Å². The van der Waals surface area contributed by atoms with Gasteiger partial charge in [0.25, 0.3) is 5.91 Å². The van der Waals surface area contributed by atoms with Crippen LogP contribution in [0.5, 0.6) is 5.75 Å². The Hall–Kier alpha value is -3.60. The van der Waals surface area contributed by atoms with Crippen LogP contribution < -0.4 is 10.1 Å². The van der Waals surface area contributed by atoms with E-state index in [1.54, 1.807) is 11.9 Å². The quantitative estimate of drug-likeness (QED) is 0.533. The van der Waals surface area contributed by atoms with Crippen LogP contribution in [0.15, 0.2) is 72.8 Å². The van der Waals surface area contributed by atoms with Gasteiger partial charge in [0.1, 0.15) is 11.8 Å². The number of aryl methyl sites for hydroxylation is 3. The van der Waals surface area contributed by atoms with E-state index in [1.165, 1.54) is 0 Å². The standard InChI is InChI=1S/C28H32N2O3/c1-20-11-14-24(15-12-20)18-30(25(28(32)29-4)17-23-8-6-5-7-9-23)27(31)19-33-26-16-21(2)10-13-22(26)3/h5-16,25H,17-19H2,1-4H3,(H,29,32). The molecule has 1 atom stereocenters. The number of ether oxygens (including phenoxy) is 1. The molecule has 3 aromatic rings. The number of amides is 2. The first kappa shape index (κ1) is 24.1. The highest BCUT2D eigenvalue weighted by Crippen LogP contribution is 2.20. The number of carbonyl (C=O) groups is 2. The highest BCUT2D eigenvalue weighted by molar-refractivity contribution is 5.88. The molecule has 1 unspecified atom stereocenters. The molecule has 0 saturated heterocycles. The van der Waals surface area contributed by atoms with E-state index >= 15 is 0 Å². The smallest absolute Gasteiger partial charge is 0.261 e. The fourth-order valence-electron chi connectivity index (χ4n) is 3.70. The van der Waals surface area contributed by atoms with E-state index in [1.807, 2.05) is 93.6 Å². The third kappa shape index (κ3) is 6.69. The van der Waals surface area contributed by atoms with Crippen LogP contribution in [-0.2, 0) is 22.6 Å². The van der Waals surface area contributed by atoms with Crippen molar-refractivity contribution in [2.75, 3.05) is 13.7 Å². The largest absolute Gasteiger partial charge is 0.483 e. The molecular weight excluding hydrogens is 412 g/mol. The van der Waals surface area contributed by atoms with Crippen LogP contribution in [-0.4, -0.2) is 36.4 Å². The summed E-state index contributed by atoms with van der Waals surface area (Å²) in [5.74, 6) is 0.241. The Balaban J connectivity index is 1.88. The predicted octanol–water partition coefficient (Wildman–Crippen LogP) is 4.38. The SMILES string of the molecule is CNC(=O)C(Cc1ccccc1)N(Cc1ccc(C)cc1)C(=O)COc1cc(C)ccc1C. The third-order valence-electron chi connectivity index (χ3n) is 5.69. The summed E-state index contributed by atoms with van der Waals surface area (Å²) in [4.78, 5) is 28.0. The van der Waals surface area contributed by atoms with Crippen molar-refractivity contribution in [3.05, 3.63) is 101 Å². The van der Waals surface area contributed by atoms with E-state index in [2.05, 4.69) is 5.32 Å². The molecule has 0 fully saturated rings. The average Bonchev–Trinajstić information content (AvgIpc) is 2.83. The van der Waals surface area contributed by atoms with Gasteiger partial charge in [-0.2, -0.15) is 0 Å². The van der Waals surface area contributed by atoms with Crippen molar-refractivity contribution in [2.45, 2.75) is 39.8 Å². The number of rotatable bonds is 9. The van der Waals surface area contributed by atoms with Gasteiger partial charge in [-0.25, -0.2) is 0 Å². The van der Waals surface area contributed by atoms with Crippen molar-refractivity contribution >= 4 is 11.8 Å². The molecule has 0 heterocycles. The zero-order valence-electron chi connectivity index (χ0n) is 19.8. The Bertz CT molecular complexity index is 1080. The maximum Gasteiger partial charge on any atom is 0.261 e. The zero-order valence-corrected chi connectivity index (χ0v) is 19.8. The van der Waals surface area contributed by atoms with Crippen LogP contribution >= 0.6 is 0 Å². The molecule has 0 radical (unpaired) electrons. The monoisotopic (exact) mass is 444 g/mol. The van der Waals surface area contributed by atoms with Crippen LogP contribution in [0.1, 0.15) is 27.8 Å². The summed E-state index contributed by atoms with van der Waals surface area (Å²) < 4.78 is 5.91. The molecular formula is C28H32N2O3. The first-order valence-electron chi connectivity index (χ1n) is 11.2. The van der Waals surface area contributed by atoms with Gasteiger partial charge in [0.2, 0.25) is 5.91 Å². The van der Waals surface area contributed by atoms with Gasteiger partial charge in [-0.3, -0.25) is 9.59 Å².